The third kappa shape index (κ3) is 6.34. The molecule has 2 saturated heterocycles. The van der Waals surface area contributed by atoms with Crippen LogP contribution in [-0.4, -0.2) is 134 Å². The molecule has 12 atom stereocenters. The first-order valence-electron chi connectivity index (χ1n) is 10.2. The number of nitrogens with one attached hydrogen (secondary N) is 1. The van der Waals surface area contributed by atoms with Gasteiger partial charge >= 0.3 is 5.97 Å². The van der Waals surface area contributed by atoms with Crippen molar-refractivity contribution >= 4 is 11.9 Å². The molecular formula is C18H32N2O13. The minimum Gasteiger partial charge on any atom is -0.480 e. The van der Waals surface area contributed by atoms with Crippen molar-refractivity contribution in [2.45, 2.75) is 87.3 Å². The molecule has 1 unspecified atom stereocenters. The monoisotopic (exact) mass is 484 g/mol. The summed E-state index contributed by atoms with van der Waals surface area (Å²) in [6.45, 7) is 1.01. The molecule has 0 radical (unpaired) electrons. The summed E-state index contributed by atoms with van der Waals surface area (Å²) in [6, 6.07) is -2.80. The maximum Gasteiger partial charge on any atom is 0.323 e. The van der Waals surface area contributed by atoms with Crippen molar-refractivity contribution in [2.75, 3.05) is 13.2 Å². The van der Waals surface area contributed by atoms with E-state index in [1.165, 1.54) is 6.92 Å². The van der Waals surface area contributed by atoms with Crippen LogP contribution in [-0.2, 0) is 28.5 Å². The van der Waals surface area contributed by atoms with Gasteiger partial charge in [-0.2, -0.15) is 0 Å². The van der Waals surface area contributed by atoms with Crippen molar-refractivity contribution in [3.05, 3.63) is 0 Å². The van der Waals surface area contributed by atoms with Crippen LogP contribution >= 0.6 is 0 Å². The smallest absolute Gasteiger partial charge is 0.323 e. The maximum atomic E-state index is 11.8. The average molecular weight is 484 g/mol. The Kier molecular flexibility index (Phi) is 9.89. The van der Waals surface area contributed by atoms with Crippen LogP contribution in [0.15, 0.2) is 0 Å². The number of hydrogen-bond donors (Lipinski definition) is 9. The van der Waals surface area contributed by atoms with Gasteiger partial charge in [-0.05, 0) is 6.92 Å². The molecule has 2 fully saturated rings. The van der Waals surface area contributed by atoms with E-state index < -0.39 is 98.6 Å². The second-order valence-corrected chi connectivity index (χ2v) is 7.95. The van der Waals surface area contributed by atoms with Crippen LogP contribution in [0.5, 0.6) is 0 Å². The molecule has 2 aliphatic heterocycles. The molecule has 2 aliphatic rings. The fraction of sp³-hybridized carbons (Fsp3) is 0.889. The minimum absolute atomic E-state index is 0.621. The number of ether oxygens (including phenoxy) is 4. The lowest BCUT2D eigenvalue weighted by molar-refractivity contribution is -0.347. The van der Waals surface area contributed by atoms with Crippen LogP contribution in [0.2, 0.25) is 0 Å². The number of nitrogens with two attached hydrogens (primary N) is 1. The second kappa shape index (κ2) is 11.8. The molecule has 2 heterocycles. The molecule has 1 amide bonds. The van der Waals surface area contributed by atoms with Crippen molar-refractivity contribution in [3.8, 4) is 0 Å². The zero-order valence-electron chi connectivity index (χ0n) is 18.0. The van der Waals surface area contributed by atoms with E-state index in [4.69, 9.17) is 29.8 Å². The van der Waals surface area contributed by atoms with E-state index in [0.717, 1.165) is 6.92 Å². The average Bonchev–Trinajstić information content (AvgIpc) is 2.76. The standard InChI is InChI=1S/C18H32N2O13/c1-5(9(19)16(28)29)30-17-10(20-6(2)23)15(12(25)8(4-22)31-17)33-18-14(27)13(26)11(24)7(3-21)32-18/h5,7-15,17-18,21-22,24-27H,3-4,19H2,1-2H3,(H,20,23)(H,28,29)/t5-,7-,8-,9+,10?,11+,12-,13+,14-,15-,17+,18+/m1/s1. The summed E-state index contributed by atoms with van der Waals surface area (Å²) in [5.41, 5.74) is 5.55. The van der Waals surface area contributed by atoms with Gasteiger partial charge in [-0.15, -0.1) is 0 Å². The van der Waals surface area contributed by atoms with Crippen molar-refractivity contribution in [1.29, 1.82) is 0 Å². The number of carboxylic acids is 1. The van der Waals surface area contributed by atoms with Crippen LogP contribution in [0.4, 0.5) is 0 Å². The van der Waals surface area contributed by atoms with Gasteiger partial charge in [0.25, 0.3) is 0 Å². The van der Waals surface area contributed by atoms with Crippen LogP contribution in [0.25, 0.3) is 0 Å². The highest BCUT2D eigenvalue weighted by Crippen LogP contribution is 2.30. The number of aliphatic hydroxyl groups excluding tert-OH is 6. The summed E-state index contributed by atoms with van der Waals surface area (Å²) in [5.74, 6) is -1.99. The van der Waals surface area contributed by atoms with Crippen LogP contribution in [0.3, 0.4) is 0 Å². The Bertz CT molecular complexity index is 667. The molecule has 10 N–H and O–H groups in total. The van der Waals surface area contributed by atoms with Crippen LogP contribution in [0.1, 0.15) is 13.8 Å². The summed E-state index contributed by atoms with van der Waals surface area (Å²) in [5, 5.41) is 71.4. The molecule has 0 aliphatic carbocycles. The largest absolute Gasteiger partial charge is 0.480 e. The highest BCUT2D eigenvalue weighted by Gasteiger charge is 2.52. The van der Waals surface area contributed by atoms with Gasteiger partial charge in [0, 0.05) is 6.92 Å². The molecular weight excluding hydrogens is 452 g/mol. The van der Waals surface area contributed by atoms with E-state index >= 15 is 0 Å². The van der Waals surface area contributed by atoms with Crippen molar-refractivity contribution in [2.24, 2.45) is 5.73 Å². The summed E-state index contributed by atoms with van der Waals surface area (Å²) in [4.78, 5) is 23.0. The molecule has 192 valence electrons. The molecule has 0 spiro atoms. The second-order valence-electron chi connectivity index (χ2n) is 7.95. The van der Waals surface area contributed by atoms with E-state index in [-0.39, 0.29) is 0 Å². The lowest BCUT2D eigenvalue weighted by atomic mass is 9.95. The molecule has 0 aromatic rings. The van der Waals surface area contributed by atoms with E-state index in [9.17, 15) is 40.2 Å². The number of hydrogen-bond acceptors (Lipinski definition) is 13. The van der Waals surface area contributed by atoms with E-state index in [1.807, 2.05) is 0 Å². The van der Waals surface area contributed by atoms with Gasteiger partial charge in [0.15, 0.2) is 12.6 Å². The fourth-order valence-corrected chi connectivity index (χ4v) is 3.57. The van der Waals surface area contributed by atoms with Gasteiger partial charge in [-0.1, -0.05) is 0 Å². The van der Waals surface area contributed by atoms with Crippen molar-refractivity contribution in [1.82, 2.24) is 5.32 Å². The topological polar surface area (TPSA) is 251 Å². The Labute approximate surface area is 188 Å². The van der Waals surface area contributed by atoms with Gasteiger partial charge in [-0.25, -0.2) is 0 Å². The Morgan fingerprint density at radius 3 is 2.03 bits per heavy atom. The molecule has 15 heteroatoms. The molecule has 0 saturated carbocycles. The van der Waals surface area contributed by atoms with Gasteiger partial charge < -0.3 is 65.7 Å². The SMILES string of the molecule is CC(=O)NC1[C@@H](O[C@H](C)[C@H](N)C(=O)O)O[C@H](CO)[C@@H](O)[C@@H]1O[C@@H]1O[C@H](CO)[C@H](O)[C@H](O)[C@H]1O. The predicted molar refractivity (Wildman–Crippen MR) is 104 cm³/mol. The van der Waals surface area contributed by atoms with Gasteiger partial charge in [0.05, 0.1) is 19.3 Å². The third-order valence-corrected chi connectivity index (χ3v) is 5.50. The van der Waals surface area contributed by atoms with E-state index in [0.29, 0.717) is 0 Å². The fourth-order valence-electron chi connectivity index (χ4n) is 3.57. The molecule has 33 heavy (non-hydrogen) atoms. The van der Waals surface area contributed by atoms with E-state index in [2.05, 4.69) is 5.32 Å². The summed E-state index contributed by atoms with van der Waals surface area (Å²) in [6.07, 6.45) is -15.3. The van der Waals surface area contributed by atoms with Crippen LogP contribution in [0, 0.1) is 0 Å². The number of carbonyl (C=O) groups is 2. The van der Waals surface area contributed by atoms with E-state index in [1.54, 1.807) is 0 Å². The number of aliphatic carboxylic acids is 1. The highest BCUT2D eigenvalue weighted by atomic mass is 16.7. The Morgan fingerprint density at radius 1 is 0.970 bits per heavy atom. The van der Waals surface area contributed by atoms with Crippen molar-refractivity contribution in [3.63, 3.8) is 0 Å². The Hall–Kier alpha value is -1.50. The zero-order chi connectivity index (χ0) is 25.0. The normalized spacial score (nSPS) is 41.2. The van der Waals surface area contributed by atoms with Gasteiger partial charge in [0.1, 0.15) is 54.8 Å². The number of carbonyl (C=O) groups excluding carboxylic acids is 1. The molecule has 15 nitrogen and oxygen atoms in total. The first-order chi connectivity index (χ1) is 15.4. The first-order valence-corrected chi connectivity index (χ1v) is 10.2. The lowest BCUT2D eigenvalue weighted by Crippen LogP contribution is -2.68. The zero-order valence-corrected chi connectivity index (χ0v) is 18.0. The molecule has 0 aromatic carbocycles. The number of rotatable bonds is 9. The Morgan fingerprint density at radius 2 is 1.52 bits per heavy atom. The third-order valence-electron chi connectivity index (χ3n) is 5.50. The summed E-state index contributed by atoms with van der Waals surface area (Å²) >= 11 is 0. The van der Waals surface area contributed by atoms with Gasteiger partial charge in [0.2, 0.25) is 5.91 Å². The first kappa shape index (κ1) is 27.7. The molecule has 0 bridgehead atoms. The van der Waals surface area contributed by atoms with Gasteiger partial charge in [-0.3, -0.25) is 9.59 Å². The predicted octanol–water partition coefficient (Wildman–Crippen LogP) is -5.43. The van der Waals surface area contributed by atoms with Crippen molar-refractivity contribution < 1.29 is 64.3 Å². The highest BCUT2D eigenvalue weighted by molar-refractivity contribution is 5.74. The molecule has 0 aromatic heterocycles. The van der Waals surface area contributed by atoms with Crippen LogP contribution < -0.4 is 11.1 Å². The lowest BCUT2D eigenvalue weighted by Gasteiger charge is -2.47. The number of carboxylic acid groups (broad SMARTS) is 1. The Balaban J connectivity index is 2.32. The number of amides is 1. The number of aliphatic hydroxyl groups is 6. The molecule has 2 rings (SSSR count). The quantitative estimate of drug-likeness (QED) is 0.148. The summed E-state index contributed by atoms with van der Waals surface area (Å²) in [7, 11) is 0. The maximum absolute atomic E-state index is 11.8. The summed E-state index contributed by atoms with van der Waals surface area (Å²) < 4.78 is 22.0. The minimum atomic E-state index is -1.82.